The highest BCUT2D eigenvalue weighted by atomic mass is 79.9. The number of pyridine rings is 1. The lowest BCUT2D eigenvalue weighted by molar-refractivity contribution is 0.0473. The Morgan fingerprint density at radius 2 is 1.90 bits per heavy atom. The van der Waals surface area contributed by atoms with Gasteiger partial charge in [-0.2, -0.15) is 0 Å². The van der Waals surface area contributed by atoms with Crippen LogP contribution in [0.5, 0.6) is 0 Å². The molecule has 0 atom stereocenters. The molecule has 0 aliphatic carbocycles. The summed E-state index contributed by atoms with van der Waals surface area (Å²) in [5, 5.41) is 0.584. The third-order valence-electron chi connectivity index (χ3n) is 2.48. The first-order valence-corrected chi connectivity index (χ1v) is 6.79. The Morgan fingerprint density at radius 3 is 2.55 bits per heavy atom. The zero-order chi connectivity index (χ0) is 14.7. The third kappa shape index (κ3) is 2.67. The summed E-state index contributed by atoms with van der Waals surface area (Å²) in [5.41, 5.74) is 0.188. The van der Waals surface area contributed by atoms with Gasteiger partial charge in [-0.15, -0.1) is 0 Å². The molecular formula is C13H12BrNO5. The summed E-state index contributed by atoms with van der Waals surface area (Å²) in [6.45, 7) is 3.74. The summed E-state index contributed by atoms with van der Waals surface area (Å²) in [5.74, 6) is -1.32. The van der Waals surface area contributed by atoms with Crippen molar-refractivity contribution in [3.05, 3.63) is 28.1 Å². The Morgan fingerprint density at radius 1 is 1.25 bits per heavy atom. The molecule has 2 aromatic heterocycles. The molecule has 20 heavy (non-hydrogen) atoms. The van der Waals surface area contributed by atoms with Gasteiger partial charge in [0.15, 0.2) is 5.69 Å². The molecule has 2 rings (SSSR count). The number of fused-ring (bicyclic) bond motifs is 1. The highest BCUT2D eigenvalue weighted by Gasteiger charge is 2.23. The van der Waals surface area contributed by atoms with Crippen LogP contribution in [0.3, 0.4) is 0 Å². The van der Waals surface area contributed by atoms with E-state index in [4.69, 9.17) is 13.9 Å². The number of halogens is 1. The average Bonchev–Trinajstić information content (AvgIpc) is 2.79. The summed E-state index contributed by atoms with van der Waals surface area (Å²) >= 11 is 3.28. The van der Waals surface area contributed by atoms with Gasteiger partial charge in [0.1, 0.15) is 6.26 Å². The zero-order valence-corrected chi connectivity index (χ0v) is 12.5. The summed E-state index contributed by atoms with van der Waals surface area (Å²) < 4.78 is 15.7. The fraction of sp³-hybridized carbons (Fsp3) is 0.308. The summed E-state index contributed by atoms with van der Waals surface area (Å²) in [4.78, 5) is 27.9. The molecule has 2 heterocycles. The van der Waals surface area contributed by atoms with Crippen LogP contribution in [0, 0.1) is 0 Å². The van der Waals surface area contributed by atoms with E-state index in [1.807, 2.05) is 0 Å². The predicted octanol–water partition coefficient (Wildman–Crippen LogP) is 2.94. The predicted molar refractivity (Wildman–Crippen MR) is 73.6 cm³/mol. The van der Waals surface area contributed by atoms with E-state index in [0.29, 0.717) is 9.86 Å². The zero-order valence-electron chi connectivity index (χ0n) is 10.9. The average molecular weight is 342 g/mol. The lowest BCUT2D eigenvalue weighted by Crippen LogP contribution is -2.16. The fourth-order valence-corrected chi connectivity index (χ4v) is 2.03. The maximum Gasteiger partial charge on any atom is 0.357 e. The van der Waals surface area contributed by atoms with Gasteiger partial charge in [-0.25, -0.2) is 14.6 Å². The van der Waals surface area contributed by atoms with Crippen molar-refractivity contribution in [3.63, 3.8) is 0 Å². The first kappa shape index (κ1) is 14.5. The number of ether oxygens (including phenoxy) is 2. The highest BCUT2D eigenvalue weighted by Crippen LogP contribution is 2.27. The molecule has 7 heteroatoms. The Hall–Kier alpha value is -1.89. The molecule has 106 valence electrons. The van der Waals surface area contributed by atoms with E-state index in [9.17, 15) is 9.59 Å². The molecule has 0 aliphatic rings. The first-order chi connectivity index (χ1) is 9.58. The van der Waals surface area contributed by atoms with E-state index in [1.54, 1.807) is 13.8 Å². The van der Waals surface area contributed by atoms with Crippen LogP contribution in [0.25, 0.3) is 11.1 Å². The molecule has 0 saturated carbocycles. The largest absolute Gasteiger partial charge is 0.462 e. The smallest absolute Gasteiger partial charge is 0.357 e. The number of aromatic nitrogens is 1. The van der Waals surface area contributed by atoms with Crippen LogP contribution in [0.1, 0.15) is 34.7 Å². The summed E-state index contributed by atoms with van der Waals surface area (Å²) in [6.07, 6.45) is 1.43. The van der Waals surface area contributed by atoms with Crippen LogP contribution in [-0.4, -0.2) is 30.1 Å². The van der Waals surface area contributed by atoms with Crippen LogP contribution in [0.4, 0.5) is 0 Å². The van der Waals surface area contributed by atoms with E-state index in [1.165, 1.54) is 12.3 Å². The fourth-order valence-electron chi connectivity index (χ4n) is 1.65. The number of esters is 2. The molecule has 0 bridgehead atoms. The van der Waals surface area contributed by atoms with Crippen molar-refractivity contribution in [3.8, 4) is 0 Å². The second-order valence-corrected chi connectivity index (χ2v) is 4.62. The van der Waals surface area contributed by atoms with Gasteiger partial charge in [-0.3, -0.25) is 0 Å². The molecule has 0 spiro atoms. The van der Waals surface area contributed by atoms with Gasteiger partial charge in [-0.05, 0) is 35.8 Å². The summed E-state index contributed by atoms with van der Waals surface area (Å²) in [7, 11) is 0. The Kier molecular flexibility index (Phi) is 4.39. The number of furan rings is 1. The monoisotopic (exact) mass is 341 g/mol. The highest BCUT2D eigenvalue weighted by molar-refractivity contribution is 9.10. The maximum atomic E-state index is 11.9. The normalized spacial score (nSPS) is 10.6. The van der Waals surface area contributed by atoms with Gasteiger partial charge < -0.3 is 13.9 Å². The van der Waals surface area contributed by atoms with Crippen LogP contribution >= 0.6 is 15.9 Å². The van der Waals surface area contributed by atoms with Gasteiger partial charge >= 0.3 is 11.9 Å². The molecule has 0 aliphatic heterocycles. The number of carbonyl (C=O) groups is 2. The molecule has 2 aromatic rings. The number of nitrogens with zero attached hydrogens (tertiary/aromatic N) is 1. The SMILES string of the molecule is CCOC(=O)c1cc2c(Br)coc2nc1C(=O)OCC. The van der Waals surface area contributed by atoms with Crippen LogP contribution in [0.15, 0.2) is 21.2 Å². The molecule has 0 fully saturated rings. The van der Waals surface area contributed by atoms with Crippen LogP contribution in [-0.2, 0) is 9.47 Å². The second-order valence-electron chi connectivity index (χ2n) is 3.76. The molecule has 0 aromatic carbocycles. The lowest BCUT2D eigenvalue weighted by Gasteiger charge is -2.07. The van der Waals surface area contributed by atoms with Crippen molar-refractivity contribution in [1.29, 1.82) is 0 Å². The Balaban J connectivity index is 2.59. The summed E-state index contributed by atoms with van der Waals surface area (Å²) in [6, 6.07) is 1.50. The minimum atomic E-state index is -0.690. The van der Waals surface area contributed by atoms with Crippen LogP contribution < -0.4 is 0 Å². The lowest BCUT2D eigenvalue weighted by atomic mass is 10.1. The van der Waals surface area contributed by atoms with Gasteiger partial charge in [0.2, 0.25) is 5.71 Å². The standard InChI is InChI=1S/C13H12BrNO5/c1-3-18-12(16)8-5-7-9(14)6-20-11(7)15-10(8)13(17)19-4-2/h5-6H,3-4H2,1-2H3. The van der Waals surface area contributed by atoms with E-state index in [2.05, 4.69) is 20.9 Å². The van der Waals surface area contributed by atoms with Crippen molar-refractivity contribution in [2.24, 2.45) is 0 Å². The van der Waals surface area contributed by atoms with Gasteiger partial charge in [-0.1, -0.05) is 0 Å². The van der Waals surface area contributed by atoms with Crippen molar-refractivity contribution in [1.82, 2.24) is 4.98 Å². The van der Waals surface area contributed by atoms with E-state index < -0.39 is 11.9 Å². The van der Waals surface area contributed by atoms with E-state index in [0.717, 1.165) is 0 Å². The topological polar surface area (TPSA) is 78.6 Å². The van der Waals surface area contributed by atoms with E-state index in [-0.39, 0.29) is 30.2 Å². The number of hydrogen-bond acceptors (Lipinski definition) is 6. The molecule has 0 radical (unpaired) electrons. The van der Waals surface area contributed by atoms with Crippen molar-refractivity contribution in [2.45, 2.75) is 13.8 Å². The maximum absolute atomic E-state index is 11.9. The minimum Gasteiger partial charge on any atom is -0.462 e. The van der Waals surface area contributed by atoms with E-state index >= 15 is 0 Å². The van der Waals surface area contributed by atoms with Crippen molar-refractivity contribution >= 4 is 39.0 Å². The Bertz CT molecular complexity index is 664. The van der Waals surface area contributed by atoms with Crippen LogP contribution in [0.2, 0.25) is 0 Å². The van der Waals surface area contributed by atoms with Crippen molar-refractivity contribution < 1.29 is 23.5 Å². The third-order valence-corrected chi connectivity index (χ3v) is 3.10. The Labute approximate surface area is 123 Å². The first-order valence-electron chi connectivity index (χ1n) is 6.00. The molecule has 6 nitrogen and oxygen atoms in total. The molecule has 0 N–H and O–H groups in total. The van der Waals surface area contributed by atoms with Gasteiger partial charge in [0, 0.05) is 0 Å². The second kappa shape index (κ2) is 6.04. The molecular weight excluding hydrogens is 330 g/mol. The number of carbonyl (C=O) groups excluding carboxylic acids is 2. The van der Waals surface area contributed by atoms with Gasteiger partial charge in [0.05, 0.1) is 28.6 Å². The quantitative estimate of drug-likeness (QED) is 0.795. The molecule has 0 amide bonds. The van der Waals surface area contributed by atoms with Crippen molar-refractivity contribution in [2.75, 3.05) is 13.2 Å². The number of hydrogen-bond donors (Lipinski definition) is 0. The molecule has 0 saturated heterocycles. The molecule has 0 unspecified atom stereocenters. The number of rotatable bonds is 4. The van der Waals surface area contributed by atoms with Gasteiger partial charge in [0.25, 0.3) is 0 Å². The minimum absolute atomic E-state index is 0.0555.